The second-order valence-corrected chi connectivity index (χ2v) is 4.68. The van der Waals surface area contributed by atoms with E-state index in [0.717, 1.165) is 11.5 Å². The van der Waals surface area contributed by atoms with Gasteiger partial charge in [-0.15, -0.1) is 0 Å². The molecular formula is C12H21N3O. The molecule has 16 heavy (non-hydrogen) atoms. The van der Waals surface area contributed by atoms with Crippen LogP contribution in [-0.2, 0) is 0 Å². The molecule has 0 saturated heterocycles. The molecule has 1 heterocycles. The van der Waals surface area contributed by atoms with Crippen LogP contribution in [0, 0.1) is 5.92 Å². The Labute approximate surface area is 97.1 Å². The predicted molar refractivity (Wildman–Crippen MR) is 65.5 cm³/mol. The number of nitrogens with one attached hydrogen (secondary N) is 1. The van der Waals surface area contributed by atoms with E-state index in [9.17, 15) is 5.11 Å². The fourth-order valence-corrected chi connectivity index (χ4v) is 1.23. The van der Waals surface area contributed by atoms with Crippen LogP contribution in [0.3, 0.4) is 0 Å². The lowest BCUT2D eigenvalue weighted by Gasteiger charge is -2.15. The average molecular weight is 223 g/mol. The summed E-state index contributed by atoms with van der Waals surface area (Å²) in [5.41, 5.74) is 1.01. The van der Waals surface area contributed by atoms with Crippen LogP contribution in [0.25, 0.3) is 0 Å². The van der Waals surface area contributed by atoms with E-state index < -0.39 is 0 Å². The second kappa shape index (κ2) is 5.80. The molecule has 0 amide bonds. The van der Waals surface area contributed by atoms with E-state index in [-0.39, 0.29) is 12.0 Å². The molecule has 1 atom stereocenters. The molecule has 0 aliphatic rings. The Kier molecular flexibility index (Phi) is 4.68. The van der Waals surface area contributed by atoms with Crippen molar-refractivity contribution in [3.8, 4) is 0 Å². The van der Waals surface area contributed by atoms with Gasteiger partial charge in [0.2, 0.25) is 0 Å². The third-order valence-electron chi connectivity index (χ3n) is 2.54. The van der Waals surface area contributed by atoms with Crippen LogP contribution < -0.4 is 5.32 Å². The molecule has 0 saturated carbocycles. The van der Waals surface area contributed by atoms with Crippen LogP contribution >= 0.6 is 0 Å². The van der Waals surface area contributed by atoms with E-state index in [1.54, 1.807) is 6.33 Å². The molecule has 0 aliphatic carbocycles. The molecule has 0 fully saturated rings. The highest BCUT2D eigenvalue weighted by Gasteiger charge is 2.09. The van der Waals surface area contributed by atoms with Crippen LogP contribution in [0.1, 0.15) is 39.3 Å². The van der Waals surface area contributed by atoms with Gasteiger partial charge in [0.05, 0.1) is 6.10 Å². The summed E-state index contributed by atoms with van der Waals surface area (Å²) in [5.74, 6) is 1.41. The lowest BCUT2D eigenvalue weighted by molar-refractivity contribution is 0.138. The van der Waals surface area contributed by atoms with Crippen molar-refractivity contribution in [3.63, 3.8) is 0 Å². The van der Waals surface area contributed by atoms with Crippen molar-refractivity contribution >= 4 is 5.82 Å². The molecule has 0 aliphatic heterocycles. The average Bonchev–Trinajstić information content (AvgIpc) is 2.26. The molecule has 4 nitrogen and oxygen atoms in total. The van der Waals surface area contributed by atoms with Crippen LogP contribution in [0.4, 0.5) is 5.82 Å². The molecule has 90 valence electrons. The molecule has 1 aromatic heterocycles. The van der Waals surface area contributed by atoms with E-state index in [2.05, 4.69) is 29.1 Å². The molecule has 2 N–H and O–H groups in total. The Morgan fingerprint density at radius 3 is 2.50 bits per heavy atom. The predicted octanol–water partition coefficient (Wildman–Crippen LogP) is 2.03. The highest BCUT2D eigenvalue weighted by atomic mass is 16.3. The van der Waals surface area contributed by atoms with Crippen LogP contribution in [0.5, 0.6) is 0 Å². The summed E-state index contributed by atoms with van der Waals surface area (Å²) in [5, 5.41) is 12.8. The van der Waals surface area contributed by atoms with Crippen molar-refractivity contribution in [3.05, 3.63) is 18.1 Å². The van der Waals surface area contributed by atoms with Crippen LogP contribution in [0.15, 0.2) is 12.4 Å². The first-order valence-electron chi connectivity index (χ1n) is 5.74. The summed E-state index contributed by atoms with van der Waals surface area (Å²) in [6.07, 6.45) is 1.21. The SMILES string of the molecule is CC(C)c1cc(NCC(O)C(C)C)ncn1. The molecule has 4 heteroatoms. The maximum absolute atomic E-state index is 9.66. The Morgan fingerprint density at radius 1 is 1.25 bits per heavy atom. The Balaban J connectivity index is 2.57. The number of hydrogen-bond donors (Lipinski definition) is 2. The third kappa shape index (κ3) is 3.77. The largest absolute Gasteiger partial charge is 0.391 e. The maximum atomic E-state index is 9.66. The van der Waals surface area contributed by atoms with Crippen LogP contribution in [-0.4, -0.2) is 27.7 Å². The summed E-state index contributed by atoms with van der Waals surface area (Å²) < 4.78 is 0. The first-order chi connectivity index (χ1) is 7.50. The second-order valence-electron chi connectivity index (χ2n) is 4.68. The normalized spacial score (nSPS) is 13.2. The van der Waals surface area contributed by atoms with Gasteiger partial charge in [-0.1, -0.05) is 27.7 Å². The summed E-state index contributed by atoms with van der Waals surface area (Å²) in [4.78, 5) is 8.31. The number of rotatable bonds is 5. The molecule has 0 bridgehead atoms. The lowest BCUT2D eigenvalue weighted by Crippen LogP contribution is -2.25. The molecule has 0 radical (unpaired) electrons. The number of aromatic nitrogens is 2. The van der Waals surface area contributed by atoms with Gasteiger partial charge >= 0.3 is 0 Å². The third-order valence-corrected chi connectivity index (χ3v) is 2.54. The molecule has 0 aromatic carbocycles. The van der Waals surface area contributed by atoms with E-state index in [1.807, 2.05) is 19.9 Å². The maximum Gasteiger partial charge on any atom is 0.129 e. The minimum atomic E-state index is -0.350. The van der Waals surface area contributed by atoms with Gasteiger partial charge in [0.1, 0.15) is 12.1 Å². The van der Waals surface area contributed by atoms with Crippen LogP contribution in [0.2, 0.25) is 0 Å². The van der Waals surface area contributed by atoms with Crippen molar-refractivity contribution < 1.29 is 5.11 Å². The van der Waals surface area contributed by atoms with E-state index in [4.69, 9.17) is 0 Å². The van der Waals surface area contributed by atoms with Gasteiger partial charge in [-0.3, -0.25) is 0 Å². The monoisotopic (exact) mass is 223 g/mol. The molecule has 0 spiro atoms. The van der Waals surface area contributed by atoms with Crippen molar-refractivity contribution in [2.24, 2.45) is 5.92 Å². The first kappa shape index (κ1) is 12.9. The van der Waals surface area contributed by atoms with Gasteiger partial charge < -0.3 is 10.4 Å². The minimum absolute atomic E-state index is 0.249. The number of aliphatic hydroxyl groups excluding tert-OH is 1. The Hall–Kier alpha value is -1.16. The van der Waals surface area contributed by atoms with Gasteiger partial charge in [0.15, 0.2) is 0 Å². The first-order valence-corrected chi connectivity index (χ1v) is 5.74. The van der Waals surface area contributed by atoms with E-state index in [1.165, 1.54) is 0 Å². The summed E-state index contributed by atoms with van der Waals surface area (Å²) in [7, 11) is 0. The fraction of sp³-hybridized carbons (Fsp3) is 0.667. The molecule has 1 rings (SSSR count). The smallest absolute Gasteiger partial charge is 0.129 e. The zero-order valence-electron chi connectivity index (χ0n) is 10.4. The highest BCUT2D eigenvalue weighted by molar-refractivity contribution is 5.35. The van der Waals surface area contributed by atoms with Gasteiger partial charge in [0.25, 0.3) is 0 Å². The topological polar surface area (TPSA) is 58.0 Å². The summed E-state index contributed by atoms with van der Waals surface area (Å²) in [6, 6.07) is 1.93. The standard InChI is InChI=1S/C12H21N3O/c1-8(2)10-5-12(15-7-14-10)13-6-11(16)9(3)4/h5,7-9,11,16H,6H2,1-4H3,(H,13,14,15). The van der Waals surface area contributed by atoms with Gasteiger partial charge in [-0.05, 0) is 11.8 Å². The fourth-order valence-electron chi connectivity index (χ4n) is 1.23. The minimum Gasteiger partial charge on any atom is -0.391 e. The van der Waals surface area contributed by atoms with Crippen molar-refractivity contribution in [2.75, 3.05) is 11.9 Å². The van der Waals surface area contributed by atoms with E-state index >= 15 is 0 Å². The quantitative estimate of drug-likeness (QED) is 0.802. The van der Waals surface area contributed by atoms with Crippen molar-refractivity contribution in [2.45, 2.75) is 39.7 Å². The zero-order chi connectivity index (χ0) is 12.1. The number of hydrogen-bond acceptors (Lipinski definition) is 4. The summed E-state index contributed by atoms with van der Waals surface area (Å²) in [6.45, 7) is 8.69. The number of anilines is 1. The zero-order valence-corrected chi connectivity index (χ0v) is 10.4. The van der Waals surface area contributed by atoms with Gasteiger partial charge in [-0.25, -0.2) is 9.97 Å². The molecule has 1 unspecified atom stereocenters. The Bertz CT molecular complexity index is 326. The number of aliphatic hydroxyl groups is 1. The lowest BCUT2D eigenvalue weighted by atomic mass is 10.1. The highest BCUT2D eigenvalue weighted by Crippen LogP contribution is 2.13. The number of nitrogens with zero attached hydrogens (tertiary/aromatic N) is 2. The van der Waals surface area contributed by atoms with E-state index in [0.29, 0.717) is 12.5 Å². The summed E-state index contributed by atoms with van der Waals surface area (Å²) >= 11 is 0. The molecule has 1 aromatic rings. The van der Waals surface area contributed by atoms with Crippen molar-refractivity contribution in [1.82, 2.24) is 9.97 Å². The molecular weight excluding hydrogens is 202 g/mol. The Morgan fingerprint density at radius 2 is 1.94 bits per heavy atom. The van der Waals surface area contributed by atoms with Crippen molar-refractivity contribution in [1.29, 1.82) is 0 Å². The van der Waals surface area contributed by atoms with Gasteiger partial charge in [0, 0.05) is 18.3 Å². The van der Waals surface area contributed by atoms with Gasteiger partial charge in [-0.2, -0.15) is 0 Å².